The summed E-state index contributed by atoms with van der Waals surface area (Å²) in [5, 5.41) is 19.6. The number of benzene rings is 2. The van der Waals surface area contributed by atoms with E-state index in [9.17, 15) is 24.2 Å². The fourth-order valence-electron chi connectivity index (χ4n) is 2.80. The molecule has 3 rings (SSSR count). The maximum atomic E-state index is 13.4. The van der Waals surface area contributed by atoms with Gasteiger partial charge in [-0.3, -0.25) is 14.5 Å². The first-order chi connectivity index (χ1) is 14.2. The highest BCUT2D eigenvalue weighted by atomic mass is 32.2. The van der Waals surface area contributed by atoms with Gasteiger partial charge in [0.05, 0.1) is 17.6 Å². The summed E-state index contributed by atoms with van der Waals surface area (Å²) in [6.45, 7) is -0.249. The number of carbonyl (C=O) groups is 2. The molecule has 2 aromatic carbocycles. The Kier molecular flexibility index (Phi) is 6.86. The van der Waals surface area contributed by atoms with Gasteiger partial charge in [0, 0.05) is 7.05 Å². The third kappa shape index (κ3) is 5.24. The molecule has 2 N–H and O–H groups in total. The van der Waals surface area contributed by atoms with Crippen molar-refractivity contribution in [3.63, 3.8) is 0 Å². The lowest BCUT2D eigenvalue weighted by Gasteiger charge is -2.23. The van der Waals surface area contributed by atoms with Crippen molar-refractivity contribution in [1.82, 2.24) is 9.80 Å². The Morgan fingerprint density at radius 1 is 1.30 bits per heavy atom. The fraction of sp³-hybridized carbons (Fsp3) is 0.190. The molecule has 0 spiro atoms. The lowest BCUT2D eigenvalue weighted by molar-refractivity contribution is -0.135. The highest BCUT2D eigenvalue weighted by Crippen LogP contribution is 2.32. The molecule has 1 fully saturated rings. The minimum Gasteiger partial charge on any atom is -0.508 e. The number of thiocarbonyl (C=S) groups is 1. The van der Waals surface area contributed by atoms with Gasteiger partial charge in [-0.1, -0.05) is 48.2 Å². The van der Waals surface area contributed by atoms with Gasteiger partial charge in [-0.15, -0.1) is 0 Å². The minimum absolute atomic E-state index is 0.0114. The number of hydrogen-bond acceptors (Lipinski definition) is 6. The maximum Gasteiger partial charge on any atom is 0.266 e. The van der Waals surface area contributed by atoms with Gasteiger partial charge < -0.3 is 15.1 Å². The molecular formula is C21H19FN2O4S2. The van der Waals surface area contributed by atoms with E-state index in [2.05, 4.69) is 0 Å². The third-order valence-corrected chi connectivity index (χ3v) is 5.84. The summed E-state index contributed by atoms with van der Waals surface area (Å²) in [5.74, 6) is -1.15. The molecule has 1 heterocycles. The summed E-state index contributed by atoms with van der Waals surface area (Å²) >= 11 is 6.28. The van der Waals surface area contributed by atoms with E-state index in [0.29, 0.717) is 16.0 Å². The quantitative estimate of drug-likeness (QED) is 0.525. The van der Waals surface area contributed by atoms with Gasteiger partial charge in [-0.05, 0) is 41.5 Å². The number of hydrogen-bond donors (Lipinski definition) is 2. The summed E-state index contributed by atoms with van der Waals surface area (Å²) in [6, 6.07) is 11.9. The molecule has 6 nitrogen and oxygen atoms in total. The predicted octanol–water partition coefficient (Wildman–Crippen LogP) is 2.92. The number of phenolic OH excluding ortho intramolecular Hbond substituents is 1. The van der Waals surface area contributed by atoms with Crippen molar-refractivity contribution >= 4 is 46.2 Å². The second kappa shape index (κ2) is 9.38. The van der Waals surface area contributed by atoms with Crippen molar-refractivity contribution in [2.75, 3.05) is 20.1 Å². The topological polar surface area (TPSA) is 81.1 Å². The van der Waals surface area contributed by atoms with Gasteiger partial charge in [0.1, 0.15) is 22.4 Å². The molecule has 2 amide bonds. The van der Waals surface area contributed by atoms with E-state index in [1.165, 1.54) is 47.2 Å². The van der Waals surface area contributed by atoms with Gasteiger partial charge in [-0.25, -0.2) is 4.39 Å². The van der Waals surface area contributed by atoms with Crippen molar-refractivity contribution in [2.45, 2.75) is 6.10 Å². The number of halogens is 1. The van der Waals surface area contributed by atoms with E-state index in [-0.39, 0.29) is 23.2 Å². The molecule has 2 aromatic rings. The first-order valence-electron chi connectivity index (χ1n) is 8.96. The molecule has 1 aliphatic heterocycles. The third-order valence-electron chi connectivity index (χ3n) is 4.46. The zero-order chi connectivity index (χ0) is 21.8. The molecule has 156 valence electrons. The Bertz CT molecular complexity index is 1010. The molecule has 0 aromatic heterocycles. The number of aromatic hydroxyl groups is 1. The summed E-state index contributed by atoms with van der Waals surface area (Å²) < 4.78 is 13.6. The lowest BCUT2D eigenvalue weighted by atomic mass is 10.1. The van der Waals surface area contributed by atoms with Crippen LogP contribution in [-0.4, -0.2) is 56.3 Å². The van der Waals surface area contributed by atoms with Crippen molar-refractivity contribution in [1.29, 1.82) is 0 Å². The van der Waals surface area contributed by atoms with Crippen molar-refractivity contribution in [3.05, 3.63) is 70.4 Å². The normalized spacial score (nSPS) is 16.2. The van der Waals surface area contributed by atoms with Crippen molar-refractivity contribution in [2.24, 2.45) is 0 Å². The van der Waals surface area contributed by atoms with Crippen LogP contribution in [0, 0.1) is 5.82 Å². The summed E-state index contributed by atoms with van der Waals surface area (Å²) in [7, 11) is 1.52. The van der Waals surface area contributed by atoms with Gasteiger partial charge >= 0.3 is 0 Å². The van der Waals surface area contributed by atoms with E-state index < -0.39 is 23.7 Å². The highest BCUT2D eigenvalue weighted by molar-refractivity contribution is 8.26. The summed E-state index contributed by atoms with van der Waals surface area (Å²) in [4.78, 5) is 28.0. The molecule has 0 radical (unpaired) electrons. The number of phenols is 1. The van der Waals surface area contributed by atoms with Gasteiger partial charge in [0.15, 0.2) is 0 Å². The fourth-order valence-corrected chi connectivity index (χ4v) is 4.06. The Morgan fingerprint density at radius 2 is 2.00 bits per heavy atom. The van der Waals surface area contributed by atoms with Crippen LogP contribution in [0.5, 0.6) is 5.75 Å². The first kappa shape index (κ1) is 21.9. The van der Waals surface area contributed by atoms with Crippen LogP contribution in [0.4, 0.5) is 4.39 Å². The number of thioether (sulfide) groups is 1. The van der Waals surface area contributed by atoms with Gasteiger partial charge in [0.25, 0.3) is 5.91 Å². The number of aliphatic hydroxyl groups excluding tert-OH is 1. The molecule has 1 atom stereocenters. The molecule has 9 heteroatoms. The average Bonchev–Trinajstić information content (AvgIpc) is 2.95. The standard InChI is InChI=1S/C21H19FN2O4S2/c1-23(11-17(26)14-5-7-16(25)8-6-14)19(27)12-24-20(28)18(30-21(24)29)10-13-3-2-4-15(22)9-13/h2-10,17,25-26H,11-12H2,1H3. The average molecular weight is 447 g/mol. The molecule has 1 saturated heterocycles. The van der Waals surface area contributed by atoms with E-state index in [4.69, 9.17) is 12.2 Å². The molecular weight excluding hydrogens is 427 g/mol. The molecule has 0 aliphatic carbocycles. The largest absolute Gasteiger partial charge is 0.508 e. The van der Waals surface area contributed by atoms with Crippen LogP contribution >= 0.6 is 24.0 Å². The Labute approximate surface area is 182 Å². The van der Waals surface area contributed by atoms with Crippen LogP contribution in [0.2, 0.25) is 0 Å². The second-order valence-corrected chi connectivity index (χ2v) is 8.38. The second-order valence-electron chi connectivity index (χ2n) is 6.70. The summed E-state index contributed by atoms with van der Waals surface area (Å²) in [6.07, 6.45) is 0.587. The SMILES string of the molecule is CN(CC(O)c1ccc(O)cc1)C(=O)CN1C(=O)C(=Cc2cccc(F)c2)SC1=S. The zero-order valence-electron chi connectivity index (χ0n) is 16.0. The van der Waals surface area contributed by atoms with E-state index in [1.54, 1.807) is 24.3 Å². The van der Waals surface area contributed by atoms with Crippen LogP contribution in [0.3, 0.4) is 0 Å². The Balaban J connectivity index is 1.63. The van der Waals surface area contributed by atoms with Gasteiger partial charge in [0.2, 0.25) is 5.91 Å². The molecule has 1 unspecified atom stereocenters. The van der Waals surface area contributed by atoms with E-state index >= 15 is 0 Å². The molecule has 0 saturated carbocycles. The minimum atomic E-state index is -0.946. The van der Waals surface area contributed by atoms with Crippen LogP contribution in [0.15, 0.2) is 53.4 Å². The first-order valence-corrected chi connectivity index (χ1v) is 10.2. The van der Waals surface area contributed by atoms with E-state index in [0.717, 1.165) is 11.8 Å². The maximum absolute atomic E-state index is 13.4. The van der Waals surface area contributed by atoms with Crippen LogP contribution < -0.4 is 0 Å². The Hall–Kier alpha value is -2.75. The van der Waals surface area contributed by atoms with Gasteiger partial charge in [-0.2, -0.15) is 0 Å². The predicted molar refractivity (Wildman–Crippen MR) is 117 cm³/mol. The highest BCUT2D eigenvalue weighted by Gasteiger charge is 2.34. The number of carbonyl (C=O) groups excluding carboxylic acids is 2. The van der Waals surface area contributed by atoms with Crippen molar-refractivity contribution in [3.8, 4) is 5.75 Å². The molecule has 30 heavy (non-hydrogen) atoms. The number of nitrogens with zero attached hydrogens (tertiary/aromatic N) is 2. The number of rotatable bonds is 6. The van der Waals surface area contributed by atoms with Crippen LogP contribution in [-0.2, 0) is 9.59 Å². The number of amides is 2. The zero-order valence-corrected chi connectivity index (χ0v) is 17.6. The van der Waals surface area contributed by atoms with Crippen molar-refractivity contribution < 1.29 is 24.2 Å². The number of aliphatic hydroxyl groups is 1. The summed E-state index contributed by atoms with van der Waals surface area (Å²) in [5.41, 5.74) is 1.08. The Morgan fingerprint density at radius 3 is 2.67 bits per heavy atom. The monoisotopic (exact) mass is 446 g/mol. The number of likely N-dealkylation sites (N-methyl/N-ethyl adjacent to an activating group) is 1. The van der Waals surface area contributed by atoms with E-state index in [1.807, 2.05) is 0 Å². The molecule has 0 bridgehead atoms. The van der Waals surface area contributed by atoms with Crippen LogP contribution in [0.25, 0.3) is 6.08 Å². The lowest BCUT2D eigenvalue weighted by Crippen LogP contribution is -2.41. The molecule has 1 aliphatic rings. The van der Waals surface area contributed by atoms with Crippen LogP contribution in [0.1, 0.15) is 17.2 Å². The smallest absolute Gasteiger partial charge is 0.266 e.